The maximum absolute atomic E-state index is 13.7. The van der Waals surface area contributed by atoms with Gasteiger partial charge in [-0.05, 0) is 44.7 Å². The van der Waals surface area contributed by atoms with E-state index >= 15 is 0 Å². The molecule has 3 amide bonds. The lowest BCUT2D eigenvalue weighted by molar-refractivity contribution is 0.0575. The Bertz CT molecular complexity index is 1210. The molecule has 4 heterocycles. The third kappa shape index (κ3) is 3.56. The average molecular weight is 480 g/mol. The molecule has 186 valence electrons. The molecule has 5 rings (SSSR count). The van der Waals surface area contributed by atoms with E-state index in [9.17, 15) is 9.59 Å². The summed E-state index contributed by atoms with van der Waals surface area (Å²) in [6.45, 7) is 6.17. The zero-order valence-corrected chi connectivity index (χ0v) is 21.1. The molecule has 1 spiro atoms. The van der Waals surface area contributed by atoms with Gasteiger partial charge in [0.1, 0.15) is 11.5 Å². The summed E-state index contributed by atoms with van der Waals surface area (Å²) in [5.74, 6) is 1.50. The van der Waals surface area contributed by atoms with Crippen LogP contribution in [0.25, 0.3) is 0 Å². The van der Waals surface area contributed by atoms with Crippen LogP contribution in [0.4, 0.5) is 4.79 Å². The fourth-order valence-corrected chi connectivity index (χ4v) is 6.01. The number of amides is 3. The van der Waals surface area contributed by atoms with Crippen LogP contribution in [-0.2, 0) is 20.0 Å². The lowest BCUT2D eigenvalue weighted by Gasteiger charge is -2.44. The first-order valence-corrected chi connectivity index (χ1v) is 12.2. The first-order chi connectivity index (χ1) is 16.8. The van der Waals surface area contributed by atoms with Gasteiger partial charge in [-0.1, -0.05) is 6.08 Å². The molecule has 0 saturated carbocycles. The van der Waals surface area contributed by atoms with E-state index in [-0.39, 0.29) is 11.9 Å². The first kappa shape index (κ1) is 23.3. The molecule has 3 aliphatic heterocycles. The number of benzene rings is 1. The van der Waals surface area contributed by atoms with Gasteiger partial charge < -0.3 is 19.3 Å². The molecule has 2 aromatic rings. The van der Waals surface area contributed by atoms with Crippen LogP contribution in [0.1, 0.15) is 46.9 Å². The van der Waals surface area contributed by atoms with Crippen LogP contribution < -0.4 is 9.47 Å². The summed E-state index contributed by atoms with van der Waals surface area (Å²) >= 11 is 0. The quantitative estimate of drug-likeness (QED) is 0.673. The van der Waals surface area contributed by atoms with E-state index in [1.54, 1.807) is 25.1 Å². The molecule has 2 fully saturated rings. The predicted octanol–water partition coefficient (Wildman–Crippen LogP) is 3.12. The van der Waals surface area contributed by atoms with Crippen LogP contribution in [0.2, 0.25) is 0 Å². The van der Waals surface area contributed by atoms with Crippen LogP contribution in [0, 0.1) is 6.92 Å². The number of urea groups is 1. The molecule has 0 N–H and O–H groups in total. The number of hydrogen-bond donors (Lipinski definition) is 0. The van der Waals surface area contributed by atoms with Crippen molar-refractivity contribution in [2.45, 2.75) is 45.2 Å². The van der Waals surface area contributed by atoms with Gasteiger partial charge in [0.25, 0.3) is 5.91 Å². The van der Waals surface area contributed by atoms with E-state index in [2.05, 4.69) is 11.2 Å². The Labute approximate surface area is 205 Å². The second-order valence-electron chi connectivity index (χ2n) is 9.50. The Hall–Kier alpha value is -3.49. The summed E-state index contributed by atoms with van der Waals surface area (Å²) < 4.78 is 12.8. The molecule has 9 nitrogen and oxygen atoms in total. The van der Waals surface area contributed by atoms with Crippen molar-refractivity contribution in [3.63, 3.8) is 0 Å². The average Bonchev–Trinajstić information content (AvgIpc) is 3.20. The molecule has 3 aliphatic rings. The lowest BCUT2D eigenvalue weighted by Crippen LogP contribution is -2.54. The number of ether oxygens (including phenoxy) is 2. The lowest BCUT2D eigenvalue weighted by atomic mass is 9.83. The van der Waals surface area contributed by atoms with E-state index in [1.807, 2.05) is 47.7 Å². The monoisotopic (exact) mass is 479 g/mol. The van der Waals surface area contributed by atoms with Crippen molar-refractivity contribution in [3.05, 3.63) is 52.5 Å². The minimum Gasteiger partial charge on any atom is -0.497 e. The van der Waals surface area contributed by atoms with Crippen molar-refractivity contribution in [3.8, 4) is 11.5 Å². The van der Waals surface area contributed by atoms with E-state index in [0.29, 0.717) is 51.0 Å². The maximum atomic E-state index is 13.7. The van der Waals surface area contributed by atoms with Crippen molar-refractivity contribution in [2.24, 2.45) is 7.05 Å². The highest BCUT2D eigenvalue weighted by Gasteiger charge is 2.54. The fourth-order valence-electron chi connectivity index (χ4n) is 6.01. The van der Waals surface area contributed by atoms with Crippen molar-refractivity contribution < 1.29 is 19.1 Å². The summed E-state index contributed by atoms with van der Waals surface area (Å²) in [5.41, 5.74) is 4.14. The highest BCUT2D eigenvalue weighted by molar-refractivity contribution is 5.95. The Balaban J connectivity index is 1.45. The van der Waals surface area contributed by atoms with Crippen LogP contribution in [0.5, 0.6) is 11.5 Å². The van der Waals surface area contributed by atoms with Crippen LogP contribution in [0.15, 0.2) is 30.1 Å². The normalized spacial score (nSPS) is 18.8. The van der Waals surface area contributed by atoms with Crippen molar-refractivity contribution >= 4 is 11.9 Å². The number of carbonyl (C=O) groups excluding carboxylic acids is 2. The van der Waals surface area contributed by atoms with Crippen LogP contribution in [0.3, 0.4) is 0 Å². The number of rotatable bonds is 4. The maximum Gasteiger partial charge on any atom is 0.325 e. The fraction of sp³-hybridized carbons (Fsp3) is 0.500. The van der Waals surface area contributed by atoms with Gasteiger partial charge in [0, 0.05) is 50.2 Å². The number of hydrogen-bond acceptors (Lipinski definition) is 5. The molecule has 0 aliphatic carbocycles. The van der Waals surface area contributed by atoms with Crippen LogP contribution >= 0.6 is 0 Å². The van der Waals surface area contributed by atoms with E-state index in [0.717, 1.165) is 34.0 Å². The number of likely N-dealkylation sites (tertiary alicyclic amines) is 1. The van der Waals surface area contributed by atoms with Gasteiger partial charge in [-0.2, -0.15) is 5.10 Å². The smallest absolute Gasteiger partial charge is 0.325 e. The number of nitrogens with zero attached hydrogens (tertiary/aromatic N) is 5. The summed E-state index contributed by atoms with van der Waals surface area (Å²) in [6, 6.07) is 3.92. The number of aromatic nitrogens is 2. The Morgan fingerprint density at radius 3 is 2.51 bits per heavy atom. The molecular formula is C26H33N5O4. The molecule has 35 heavy (non-hydrogen) atoms. The highest BCUT2D eigenvalue weighted by Crippen LogP contribution is 2.46. The van der Waals surface area contributed by atoms with E-state index in [4.69, 9.17) is 9.47 Å². The molecule has 1 aromatic carbocycles. The van der Waals surface area contributed by atoms with Gasteiger partial charge >= 0.3 is 6.03 Å². The Kier molecular flexibility index (Phi) is 5.73. The molecule has 1 aromatic heterocycles. The molecule has 2 saturated heterocycles. The second kappa shape index (κ2) is 8.62. The first-order valence-electron chi connectivity index (χ1n) is 12.2. The summed E-state index contributed by atoms with van der Waals surface area (Å²) in [7, 11) is 5.13. The highest BCUT2D eigenvalue weighted by atomic mass is 16.5. The van der Waals surface area contributed by atoms with Gasteiger partial charge in [0.2, 0.25) is 0 Å². The number of piperidine rings is 1. The molecular weight excluding hydrogens is 446 g/mol. The Morgan fingerprint density at radius 1 is 1.17 bits per heavy atom. The molecule has 0 radical (unpaired) electrons. The van der Waals surface area contributed by atoms with Crippen LogP contribution in [-0.4, -0.2) is 75.8 Å². The number of carbonyl (C=O) groups is 2. The second-order valence-corrected chi connectivity index (χ2v) is 9.50. The minimum atomic E-state index is -0.411. The molecule has 0 atom stereocenters. The number of aryl methyl sites for hydroxylation is 2. The van der Waals surface area contributed by atoms with E-state index in [1.165, 1.54) is 0 Å². The number of allylic oxidation sites excluding steroid dienone is 1. The van der Waals surface area contributed by atoms with Gasteiger partial charge in [0.05, 0.1) is 37.6 Å². The predicted molar refractivity (Wildman–Crippen MR) is 130 cm³/mol. The zero-order valence-electron chi connectivity index (χ0n) is 21.1. The van der Waals surface area contributed by atoms with Crippen molar-refractivity contribution in [1.29, 1.82) is 0 Å². The van der Waals surface area contributed by atoms with Gasteiger partial charge in [0.15, 0.2) is 0 Å². The largest absolute Gasteiger partial charge is 0.497 e. The van der Waals surface area contributed by atoms with Gasteiger partial charge in [-0.15, -0.1) is 0 Å². The van der Waals surface area contributed by atoms with Crippen molar-refractivity contribution in [1.82, 2.24) is 24.5 Å². The summed E-state index contributed by atoms with van der Waals surface area (Å²) in [4.78, 5) is 32.7. The molecule has 9 heteroatoms. The number of likely N-dealkylation sites (N-methyl/N-ethyl adjacent to an activating group) is 1. The third-order valence-electron chi connectivity index (χ3n) is 7.74. The van der Waals surface area contributed by atoms with Gasteiger partial charge in [-0.3, -0.25) is 14.4 Å². The standard InChI is InChI=1S/C26H33N5O4/c1-6-31-25(33)30-15-18-13-19(34-4)14-22(35-5)20(18)7-8-23(30)26(31)9-11-29(12-10-26)24(32)21-16-28(3)27-17(21)2/h8,13-14,16H,6-7,9-12,15H2,1-5H3. The Morgan fingerprint density at radius 2 is 1.91 bits per heavy atom. The molecule has 0 unspecified atom stereocenters. The zero-order chi connectivity index (χ0) is 24.9. The summed E-state index contributed by atoms with van der Waals surface area (Å²) in [6.07, 6.45) is 6.07. The van der Waals surface area contributed by atoms with Crippen molar-refractivity contribution in [2.75, 3.05) is 33.9 Å². The minimum absolute atomic E-state index is 0.00811. The van der Waals surface area contributed by atoms with Gasteiger partial charge in [-0.25, -0.2) is 4.79 Å². The topological polar surface area (TPSA) is 80.1 Å². The third-order valence-corrected chi connectivity index (χ3v) is 7.74. The summed E-state index contributed by atoms with van der Waals surface area (Å²) in [5, 5.41) is 4.32. The van der Waals surface area contributed by atoms with E-state index < -0.39 is 5.54 Å². The molecule has 0 bridgehead atoms. The SMILES string of the molecule is CCN1C(=O)N2Cc3cc(OC)cc(OC)c3CC=C2C12CCN(C(=O)c1cn(C)nc1C)CC2. The number of fused-ring (bicyclic) bond motifs is 3. The number of methoxy groups -OCH3 is 2.